The minimum atomic E-state index is -2.91. The van der Waals surface area contributed by atoms with E-state index in [1.165, 1.54) is 12.3 Å². The second-order valence-corrected chi connectivity index (χ2v) is 15.0. The van der Waals surface area contributed by atoms with E-state index in [1.807, 2.05) is 53.4 Å². The molecule has 0 unspecified atom stereocenters. The highest BCUT2D eigenvalue weighted by atomic mass is 19.3. The zero-order valence-corrected chi connectivity index (χ0v) is 27.7. The van der Waals surface area contributed by atoms with Crippen molar-refractivity contribution in [2.24, 2.45) is 11.3 Å². The lowest BCUT2D eigenvalue weighted by molar-refractivity contribution is -0.137. The van der Waals surface area contributed by atoms with Gasteiger partial charge in [0, 0.05) is 59.3 Å². The average Bonchev–Trinajstić information content (AvgIpc) is 3.04. The zero-order chi connectivity index (χ0) is 33.7. The van der Waals surface area contributed by atoms with Gasteiger partial charge < -0.3 is 20.1 Å². The summed E-state index contributed by atoms with van der Waals surface area (Å²) in [5.74, 6) is -2.48. The summed E-state index contributed by atoms with van der Waals surface area (Å²) in [6, 6.07) is 18.6. The number of pyridine rings is 1. The van der Waals surface area contributed by atoms with Crippen molar-refractivity contribution in [2.45, 2.75) is 102 Å². The van der Waals surface area contributed by atoms with Crippen molar-refractivity contribution in [1.29, 1.82) is 0 Å². The third kappa shape index (κ3) is 6.99. The Morgan fingerprint density at radius 1 is 1.02 bits per heavy atom. The number of fused-ring (bicyclic) bond motifs is 3. The summed E-state index contributed by atoms with van der Waals surface area (Å²) in [5.41, 5.74) is 1.44. The molecular formula is C38H44F2N4O3. The molecule has 4 aliphatic rings. The summed E-state index contributed by atoms with van der Waals surface area (Å²) in [7, 11) is 0. The van der Waals surface area contributed by atoms with E-state index >= 15 is 0 Å². The number of nitrogens with zero attached hydrogens (tertiary/aromatic N) is 3. The van der Waals surface area contributed by atoms with Gasteiger partial charge in [-0.3, -0.25) is 14.6 Å². The zero-order valence-electron chi connectivity index (χ0n) is 27.7. The molecule has 1 heterocycles. The molecular weight excluding hydrogens is 598 g/mol. The van der Waals surface area contributed by atoms with Crippen LogP contribution in [0.5, 0.6) is 5.75 Å². The van der Waals surface area contributed by atoms with Crippen molar-refractivity contribution in [1.82, 2.24) is 4.98 Å². The molecule has 2 N–H and O–H groups in total. The number of carbonyl (C=O) groups is 1. The number of alkyl halides is 2. The number of aliphatic hydroxyl groups is 1. The van der Waals surface area contributed by atoms with Crippen LogP contribution in [0.3, 0.4) is 0 Å². The first-order valence-corrected chi connectivity index (χ1v) is 16.5. The van der Waals surface area contributed by atoms with Crippen molar-refractivity contribution in [2.75, 3.05) is 16.8 Å². The number of anilines is 3. The predicted molar refractivity (Wildman–Crippen MR) is 179 cm³/mol. The number of hydrogen-bond donors (Lipinski definition) is 2. The van der Waals surface area contributed by atoms with Gasteiger partial charge in [-0.05, 0) is 118 Å². The monoisotopic (exact) mass is 642 g/mol. The number of carbonyl (C=O) groups excluding carboxylic acids is 1. The molecule has 2 aromatic carbocycles. The van der Waals surface area contributed by atoms with Gasteiger partial charge in [-0.15, -0.1) is 0 Å². The number of aromatic nitrogens is 1. The fourth-order valence-corrected chi connectivity index (χ4v) is 7.72. The molecule has 3 aromatic rings. The highest BCUT2D eigenvalue weighted by Crippen LogP contribution is 2.58. The van der Waals surface area contributed by atoms with Crippen LogP contribution in [0, 0.1) is 17.9 Å². The fraction of sp³-hybridized carbons (Fsp3) is 0.500. The maximum absolute atomic E-state index is 14.1. The molecule has 4 saturated carbocycles. The molecule has 7 nitrogen and oxygen atoms in total. The normalized spacial score (nSPS) is 27.0. The first kappa shape index (κ1) is 32.9. The minimum Gasteiger partial charge on any atom is -0.422 e. The molecule has 9 heteroatoms. The van der Waals surface area contributed by atoms with E-state index < -0.39 is 17.2 Å². The van der Waals surface area contributed by atoms with Crippen LogP contribution in [0.15, 0.2) is 66.9 Å². The largest absolute Gasteiger partial charge is 0.422 e. The Morgan fingerprint density at radius 3 is 2.23 bits per heavy atom. The van der Waals surface area contributed by atoms with Gasteiger partial charge in [0.2, 0.25) is 5.91 Å². The molecule has 4 fully saturated rings. The number of nitrogens with one attached hydrogen (secondary N) is 1. The van der Waals surface area contributed by atoms with E-state index in [0.29, 0.717) is 25.1 Å². The van der Waals surface area contributed by atoms with Crippen LogP contribution in [0.1, 0.15) is 90.3 Å². The Morgan fingerprint density at radius 2 is 1.68 bits per heavy atom. The van der Waals surface area contributed by atoms with E-state index in [2.05, 4.69) is 15.1 Å². The Balaban J connectivity index is 1.20. The van der Waals surface area contributed by atoms with Gasteiger partial charge in [-0.25, -0.2) is 15.4 Å². The molecule has 4 aliphatic carbocycles. The highest BCUT2D eigenvalue weighted by molar-refractivity contribution is 5.96. The van der Waals surface area contributed by atoms with Gasteiger partial charge in [0.25, 0.3) is 5.92 Å². The summed E-state index contributed by atoms with van der Waals surface area (Å²) in [6.45, 7) is 14.0. The lowest BCUT2D eigenvalue weighted by atomic mass is 9.52. The van der Waals surface area contributed by atoms with E-state index in [4.69, 9.17) is 11.3 Å². The van der Waals surface area contributed by atoms with Crippen LogP contribution in [0.4, 0.5) is 25.8 Å². The number of ether oxygens (including phenoxy) is 1. The topological polar surface area (TPSA) is 79.0 Å². The Labute approximate surface area is 276 Å². The van der Waals surface area contributed by atoms with Crippen molar-refractivity contribution >= 4 is 23.0 Å². The summed E-state index contributed by atoms with van der Waals surface area (Å²) >= 11 is 0. The van der Waals surface area contributed by atoms with Crippen LogP contribution >= 0.6 is 0 Å². The lowest BCUT2D eigenvalue weighted by Gasteiger charge is -2.55. The Hall–Kier alpha value is -4.03. The fourth-order valence-electron chi connectivity index (χ4n) is 7.72. The van der Waals surface area contributed by atoms with Gasteiger partial charge in [-0.2, -0.15) is 0 Å². The van der Waals surface area contributed by atoms with Crippen LogP contribution in [-0.4, -0.2) is 33.9 Å². The molecule has 0 spiro atoms. The molecule has 0 aliphatic heterocycles. The first-order valence-electron chi connectivity index (χ1n) is 16.5. The number of halogens is 2. The SMILES string of the molecule is [C-]#[N+]C(C)(C)Oc1ccc(Nc2cccc(N(CC34CCC(c5ccc(C(C)(F)F)cn5)(CC3)CC4)C(=O)C3CC(C)(O)C3)c2)cc1. The summed E-state index contributed by atoms with van der Waals surface area (Å²) in [6.07, 6.45) is 7.77. The van der Waals surface area contributed by atoms with E-state index in [1.54, 1.807) is 26.8 Å². The molecule has 1 amide bonds. The molecule has 2 bridgehead atoms. The lowest BCUT2D eigenvalue weighted by Crippen LogP contribution is -2.54. The number of rotatable bonds is 10. The van der Waals surface area contributed by atoms with Gasteiger partial charge in [-0.1, -0.05) is 6.07 Å². The van der Waals surface area contributed by atoms with Gasteiger partial charge in [0.05, 0.1) is 19.4 Å². The predicted octanol–water partition coefficient (Wildman–Crippen LogP) is 8.76. The molecule has 248 valence electrons. The quantitative estimate of drug-likeness (QED) is 0.216. The third-order valence-electron chi connectivity index (χ3n) is 10.6. The van der Waals surface area contributed by atoms with Crippen molar-refractivity contribution in [3.63, 3.8) is 0 Å². The average molecular weight is 643 g/mol. The van der Waals surface area contributed by atoms with E-state index in [-0.39, 0.29) is 28.2 Å². The summed E-state index contributed by atoms with van der Waals surface area (Å²) in [5, 5.41) is 13.9. The van der Waals surface area contributed by atoms with Gasteiger partial charge in [0.15, 0.2) is 0 Å². The summed E-state index contributed by atoms with van der Waals surface area (Å²) in [4.78, 5) is 24.1. The molecule has 1 aromatic heterocycles. The smallest absolute Gasteiger partial charge is 0.369 e. The van der Waals surface area contributed by atoms with Crippen molar-refractivity contribution in [3.05, 3.63) is 89.5 Å². The Bertz CT molecular complexity index is 1630. The molecule has 0 atom stereocenters. The van der Waals surface area contributed by atoms with E-state index in [9.17, 15) is 18.7 Å². The molecule has 7 rings (SSSR count). The van der Waals surface area contributed by atoms with Crippen LogP contribution in [-0.2, 0) is 16.1 Å². The highest BCUT2D eigenvalue weighted by Gasteiger charge is 2.52. The standard InChI is InChI=1S/C38H44F2N4O3/c1-34(2,41-5)47-31-12-10-28(11-13-31)43-29-7-6-8-30(21-29)44(33(45)26-22-35(3,46)23-26)25-37-15-18-38(19-16-37,20-17-37)32-14-9-27(24-42-32)36(4,39)40/h6-14,21,24,26,43,46H,15-20,22-23,25H2,1-4H3. The second kappa shape index (κ2) is 11.9. The first-order chi connectivity index (χ1) is 22.1. The van der Waals surface area contributed by atoms with Crippen LogP contribution < -0.4 is 15.0 Å². The van der Waals surface area contributed by atoms with Crippen LogP contribution in [0.2, 0.25) is 0 Å². The molecule has 0 saturated heterocycles. The summed E-state index contributed by atoms with van der Waals surface area (Å²) < 4.78 is 33.4. The molecule has 0 radical (unpaired) electrons. The maximum atomic E-state index is 14.1. The maximum Gasteiger partial charge on any atom is 0.369 e. The van der Waals surface area contributed by atoms with Crippen molar-refractivity contribution < 1.29 is 23.4 Å². The number of hydrogen-bond acceptors (Lipinski definition) is 5. The Kier molecular flexibility index (Phi) is 8.32. The molecule has 47 heavy (non-hydrogen) atoms. The van der Waals surface area contributed by atoms with Crippen molar-refractivity contribution in [3.8, 4) is 5.75 Å². The van der Waals surface area contributed by atoms with Gasteiger partial charge in [0.1, 0.15) is 5.75 Å². The number of amides is 1. The van der Waals surface area contributed by atoms with Crippen LogP contribution in [0.25, 0.3) is 4.85 Å². The number of benzene rings is 2. The van der Waals surface area contributed by atoms with E-state index in [0.717, 1.165) is 68.2 Å². The minimum absolute atomic E-state index is 0.0432. The third-order valence-corrected chi connectivity index (χ3v) is 10.6. The van der Waals surface area contributed by atoms with Gasteiger partial charge >= 0.3 is 5.72 Å². The second-order valence-electron chi connectivity index (χ2n) is 15.0.